The van der Waals surface area contributed by atoms with Crippen LogP contribution in [0.15, 0.2) is 22.7 Å². The van der Waals surface area contributed by atoms with E-state index >= 15 is 0 Å². The lowest BCUT2D eigenvalue weighted by molar-refractivity contribution is 0.473. The highest BCUT2D eigenvalue weighted by Gasteiger charge is 2.06. The quantitative estimate of drug-likeness (QED) is 0.806. The first-order valence-corrected chi connectivity index (χ1v) is 5.76. The first-order chi connectivity index (χ1) is 7.11. The first kappa shape index (κ1) is 10.7. The number of hydrogen-bond acceptors (Lipinski definition) is 2. The Labute approximate surface area is 101 Å². The third-order valence-corrected chi connectivity index (χ3v) is 3.25. The summed E-state index contributed by atoms with van der Waals surface area (Å²) in [7, 11) is 0. The van der Waals surface area contributed by atoms with Gasteiger partial charge in [0.2, 0.25) is 0 Å². The van der Waals surface area contributed by atoms with Gasteiger partial charge >= 0.3 is 0 Å². The highest BCUT2D eigenvalue weighted by atomic mass is 79.9. The van der Waals surface area contributed by atoms with E-state index in [0.29, 0.717) is 9.63 Å². The fourth-order valence-corrected chi connectivity index (χ4v) is 2.06. The van der Waals surface area contributed by atoms with Crippen LogP contribution in [0.4, 0.5) is 0 Å². The van der Waals surface area contributed by atoms with Crippen molar-refractivity contribution in [1.29, 1.82) is 0 Å². The molecule has 0 radical (unpaired) electrons. The van der Waals surface area contributed by atoms with Gasteiger partial charge in [0.15, 0.2) is 0 Å². The Hall–Kier alpha value is -0.800. The standard InChI is InChI=1S/C11H9BrClNO/c1-2-6-3-7-4-10(15)8(12)5-9(7)14-11(6)13/h3-5,15H,2H2,1H3. The van der Waals surface area contributed by atoms with E-state index in [9.17, 15) is 5.11 Å². The zero-order valence-electron chi connectivity index (χ0n) is 8.09. The van der Waals surface area contributed by atoms with Gasteiger partial charge in [-0.15, -0.1) is 0 Å². The van der Waals surface area contributed by atoms with Crippen molar-refractivity contribution >= 4 is 38.4 Å². The zero-order valence-corrected chi connectivity index (χ0v) is 10.4. The van der Waals surface area contributed by atoms with Crippen LogP contribution >= 0.6 is 27.5 Å². The molecule has 0 aliphatic rings. The number of phenolic OH excluding ortho intramolecular Hbond substituents is 1. The van der Waals surface area contributed by atoms with Crippen LogP contribution in [-0.2, 0) is 6.42 Å². The van der Waals surface area contributed by atoms with Crippen LogP contribution in [0, 0.1) is 0 Å². The van der Waals surface area contributed by atoms with E-state index < -0.39 is 0 Å². The number of benzene rings is 1. The number of aryl methyl sites for hydroxylation is 1. The number of aromatic nitrogens is 1. The summed E-state index contributed by atoms with van der Waals surface area (Å²) in [6.45, 7) is 2.02. The summed E-state index contributed by atoms with van der Waals surface area (Å²) < 4.78 is 0.628. The second-order valence-electron chi connectivity index (χ2n) is 3.29. The lowest BCUT2D eigenvalue weighted by Gasteiger charge is -2.05. The van der Waals surface area contributed by atoms with E-state index in [4.69, 9.17) is 11.6 Å². The van der Waals surface area contributed by atoms with Crippen LogP contribution in [0.5, 0.6) is 5.75 Å². The second-order valence-corrected chi connectivity index (χ2v) is 4.50. The van der Waals surface area contributed by atoms with Gasteiger partial charge in [0.25, 0.3) is 0 Å². The van der Waals surface area contributed by atoms with Gasteiger partial charge in [-0.25, -0.2) is 4.98 Å². The number of pyridine rings is 1. The predicted molar refractivity (Wildman–Crippen MR) is 65.5 cm³/mol. The third kappa shape index (κ3) is 1.94. The molecule has 2 rings (SSSR count). The van der Waals surface area contributed by atoms with Crippen LogP contribution in [0.3, 0.4) is 0 Å². The number of phenols is 1. The largest absolute Gasteiger partial charge is 0.507 e. The minimum Gasteiger partial charge on any atom is -0.507 e. The van der Waals surface area contributed by atoms with Crippen molar-refractivity contribution in [1.82, 2.24) is 4.98 Å². The summed E-state index contributed by atoms with van der Waals surface area (Å²) in [5.74, 6) is 0.216. The Morgan fingerprint density at radius 2 is 2.13 bits per heavy atom. The van der Waals surface area contributed by atoms with Crippen LogP contribution in [0.2, 0.25) is 5.15 Å². The van der Waals surface area contributed by atoms with Crippen LogP contribution < -0.4 is 0 Å². The SMILES string of the molecule is CCc1cc2cc(O)c(Br)cc2nc1Cl. The van der Waals surface area contributed by atoms with Gasteiger partial charge in [0.1, 0.15) is 10.9 Å². The summed E-state index contributed by atoms with van der Waals surface area (Å²) in [5.41, 5.74) is 1.77. The molecule has 0 fully saturated rings. The molecule has 0 saturated carbocycles. The zero-order chi connectivity index (χ0) is 11.0. The van der Waals surface area contributed by atoms with Crippen molar-refractivity contribution in [3.8, 4) is 5.75 Å². The van der Waals surface area contributed by atoms with E-state index in [0.717, 1.165) is 22.9 Å². The summed E-state index contributed by atoms with van der Waals surface area (Å²) in [4.78, 5) is 4.27. The highest BCUT2D eigenvalue weighted by Crippen LogP contribution is 2.30. The normalized spacial score (nSPS) is 10.9. The van der Waals surface area contributed by atoms with E-state index in [1.54, 1.807) is 12.1 Å². The molecule has 0 aliphatic carbocycles. The lowest BCUT2D eigenvalue weighted by atomic mass is 10.1. The summed E-state index contributed by atoms with van der Waals surface area (Å²) in [6.07, 6.45) is 0.832. The molecule has 0 aliphatic heterocycles. The number of halogens is 2. The molecule has 0 unspecified atom stereocenters. The van der Waals surface area contributed by atoms with Crippen molar-refractivity contribution < 1.29 is 5.11 Å². The Balaban J connectivity index is 2.76. The monoisotopic (exact) mass is 285 g/mol. The molecule has 78 valence electrons. The molecule has 2 nitrogen and oxygen atoms in total. The van der Waals surface area contributed by atoms with Gasteiger partial charge in [-0.1, -0.05) is 18.5 Å². The molecule has 4 heteroatoms. The highest BCUT2D eigenvalue weighted by molar-refractivity contribution is 9.10. The Bertz CT molecular complexity index is 527. The molecule has 1 aromatic heterocycles. The molecule has 2 aromatic rings. The summed E-state index contributed by atoms with van der Waals surface area (Å²) in [6, 6.07) is 5.40. The van der Waals surface area contributed by atoms with E-state index in [2.05, 4.69) is 20.9 Å². The molecule has 0 amide bonds. The minimum absolute atomic E-state index is 0.216. The van der Waals surface area contributed by atoms with Crippen LogP contribution in [-0.4, -0.2) is 10.1 Å². The van der Waals surface area contributed by atoms with Crippen molar-refractivity contribution in [3.63, 3.8) is 0 Å². The van der Waals surface area contributed by atoms with Crippen molar-refractivity contribution in [3.05, 3.63) is 33.4 Å². The molecule has 0 spiro atoms. The van der Waals surface area contributed by atoms with Gasteiger partial charge < -0.3 is 5.11 Å². The number of hydrogen-bond donors (Lipinski definition) is 1. The molecule has 0 atom stereocenters. The molecule has 0 bridgehead atoms. The third-order valence-electron chi connectivity index (χ3n) is 2.29. The van der Waals surface area contributed by atoms with E-state index in [-0.39, 0.29) is 5.75 Å². The molecular weight excluding hydrogens is 277 g/mol. The topological polar surface area (TPSA) is 33.1 Å². The van der Waals surface area contributed by atoms with Crippen molar-refractivity contribution in [2.75, 3.05) is 0 Å². The maximum atomic E-state index is 9.54. The van der Waals surface area contributed by atoms with Crippen LogP contribution in [0.1, 0.15) is 12.5 Å². The number of fused-ring (bicyclic) bond motifs is 1. The fourth-order valence-electron chi connectivity index (χ4n) is 1.45. The smallest absolute Gasteiger partial charge is 0.132 e. The molecular formula is C11H9BrClNO. The second kappa shape index (κ2) is 3.99. The van der Waals surface area contributed by atoms with E-state index in [1.807, 2.05) is 13.0 Å². The van der Waals surface area contributed by atoms with Gasteiger partial charge in [0.05, 0.1) is 9.99 Å². The van der Waals surface area contributed by atoms with Gasteiger partial charge in [-0.3, -0.25) is 0 Å². The van der Waals surface area contributed by atoms with Gasteiger partial charge in [-0.2, -0.15) is 0 Å². The number of rotatable bonds is 1. The van der Waals surface area contributed by atoms with Gasteiger partial charge in [-0.05, 0) is 46.1 Å². The first-order valence-electron chi connectivity index (χ1n) is 4.59. The van der Waals surface area contributed by atoms with E-state index in [1.165, 1.54) is 0 Å². The molecule has 1 heterocycles. The molecule has 0 saturated heterocycles. The predicted octanol–water partition coefficient (Wildman–Crippen LogP) is 3.92. The Kier molecular flexibility index (Phi) is 2.85. The average molecular weight is 287 g/mol. The minimum atomic E-state index is 0.216. The maximum absolute atomic E-state index is 9.54. The van der Waals surface area contributed by atoms with Crippen molar-refractivity contribution in [2.24, 2.45) is 0 Å². The fraction of sp³-hybridized carbons (Fsp3) is 0.182. The lowest BCUT2D eigenvalue weighted by Crippen LogP contribution is -1.88. The summed E-state index contributed by atoms with van der Waals surface area (Å²) in [5, 5.41) is 11.0. The maximum Gasteiger partial charge on any atom is 0.132 e. The Morgan fingerprint density at radius 3 is 2.80 bits per heavy atom. The Morgan fingerprint density at radius 1 is 1.40 bits per heavy atom. The number of nitrogens with zero attached hydrogens (tertiary/aromatic N) is 1. The molecule has 15 heavy (non-hydrogen) atoms. The molecule has 1 N–H and O–H groups in total. The van der Waals surface area contributed by atoms with Crippen LogP contribution in [0.25, 0.3) is 10.9 Å². The summed E-state index contributed by atoms with van der Waals surface area (Å²) >= 11 is 9.25. The van der Waals surface area contributed by atoms with Gasteiger partial charge in [0, 0.05) is 5.39 Å². The average Bonchev–Trinajstić information content (AvgIpc) is 2.20. The van der Waals surface area contributed by atoms with Crippen molar-refractivity contribution in [2.45, 2.75) is 13.3 Å². The number of aromatic hydroxyl groups is 1. The molecule has 1 aromatic carbocycles.